The van der Waals surface area contributed by atoms with E-state index in [0.717, 1.165) is 13.3 Å². The standard InChI is InChI=1S/C9H9ClF2N2O2/c1-16-9(15)6-4(10)3-14-5(2-13)7(6)8(11)12/h3,8H,2,13H2,1H3. The fraction of sp³-hybridized carbons (Fsp3) is 0.333. The summed E-state index contributed by atoms with van der Waals surface area (Å²) in [5.74, 6) is -0.933. The second-order valence-corrected chi connectivity index (χ2v) is 3.25. The number of alkyl halides is 2. The van der Waals surface area contributed by atoms with E-state index in [9.17, 15) is 13.6 Å². The zero-order valence-corrected chi connectivity index (χ0v) is 9.09. The number of methoxy groups -OCH3 is 1. The minimum absolute atomic E-state index is 0.0696. The molecule has 0 saturated heterocycles. The average molecular weight is 251 g/mol. The van der Waals surface area contributed by atoms with Crippen LogP contribution in [0.3, 0.4) is 0 Å². The number of nitrogens with zero attached hydrogens (tertiary/aromatic N) is 1. The molecule has 1 aromatic rings. The van der Waals surface area contributed by atoms with Gasteiger partial charge in [0, 0.05) is 12.7 Å². The molecule has 88 valence electrons. The fourth-order valence-corrected chi connectivity index (χ4v) is 1.48. The second kappa shape index (κ2) is 5.18. The summed E-state index contributed by atoms with van der Waals surface area (Å²) < 4.78 is 30.0. The summed E-state index contributed by atoms with van der Waals surface area (Å²) in [7, 11) is 1.08. The molecule has 0 unspecified atom stereocenters. The summed E-state index contributed by atoms with van der Waals surface area (Å²) in [6, 6.07) is 0. The summed E-state index contributed by atoms with van der Waals surface area (Å²) in [5.41, 5.74) is 4.24. The molecule has 0 aliphatic heterocycles. The molecular weight excluding hydrogens is 242 g/mol. The van der Waals surface area contributed by atoms with Crippen LogP contribution in [0.2, 0.25) is 5.02 Å². The van der Waals surface area contributed by atoms with Gasteiger partial charge in [-0.05, 0) is 0 Å². The van der Waals surface area contributed by atoms with Crippen molar-refractivity contribution >= 4 is 17.6 Å². The molecular formula is C9H9ClF2N2O2. The zero-order valence-electron chi connectivity index (χ0n) is 8.34. The first-order valence-electron chi connectivity index (χ1n) is 4.26. The second-order valence-electron chi connectivity index (χ2n) is 2.84. The normalized spacial score (nSPS) is 10.6. The highest BCUT2D eigenvalue weighted by molar-refractivity contribution is 6.33. The summed E-state index contributed by atoms with van der Waals surface area (Å²) in [4.78, 5) is 15.0. The van der Waals surface area contributed by atoms with Crippen LogP contribution in [-0.2, 0) is 11.3 Å². The topological polar surface area (TPSA) is 65.2 Å². The van der Waals surface area contributed by atoms with Crippen LogP contribution in [0, 0.1) is 0 Å². The van der Waals surface area contributed by atoms with Crippen LogP contribution >= 0.6 is 11.6 Å². The Morgan fingerprint density at radius 3 is 2.75 bits per heavy atom. The maximum absolute atomic E-state index is 12.8. The van der Waals surface area contributed by atoms with E-state index in [1.54, 1.807) is 0 Å². The lowest BCUT2D eigenvalue weighted by Gasteiger charge is -2.12. The summed E-state index contributed by atoms with van der Waals surface area (Å²) in [6.07, 6.45) is -1.79. The van der Waals surface area contributed by atoms with Crippen molar-refractivity contribution in [3.8, 4) is 0 Å². The van der Waals surface area contributed by atoms with Crippen molar-refractivity contribution in [2.24, 2.45) is 5.73 Å². The number of aromatic nitrogens is 1. The van der Waals surface area contributed by atoms with Crippen LogP contribution in [0.4, 0.5) is 8.78 Å². The Morgan fingerprint density at radius 1 is 1.69 bits per heavy atom. The highest BCUT2D eigenvalue weighted by atomic mass is 35.5. The SMILES string of the molecule is COC(=O)c1c(Cl)cnc(CN)c1C(F)F. The van der Waals surface area contributed by atoms with Crippen molar-refractivity contribution < 1.29 is 18.3 Å². The fourth-order valence-electron chi connectivity index (χ4n) is 1.25. The quantitative estimate of drug-likeness (QED) is 0.833. The number of ether oxygens (including phenoxy) is 1. The van der Waals surface area contributed by atoms with E-state index >= 15 is 0 Å². The molecule has 2 N–H and O–H groups in total. The number of hydrogen-bond acceptors (Lipinski definition) is 4. The highest BCUT2D eigenvalue weighted by Gasteiger charge is 2.26. The van der Waals surface area contributed by atoms with E-state index in [1.165, 1.54) is 0 Å². The van der Waals surface area contributed by atoms with Crippen molar-refractivity contribution in [3.05, 3.63) is 28.0 Å². The largest absolute Gasteiger partial charge is 0.465 e. The number of halogens is 3. The number of pyridine rings is 1. The minimum atomic E-state index is -2.89. The van der Waals surface area contributed by atoms with Gasteiger partial charge >= 0.3 is 5.97 Å². The molecule has 0 atom stereocenters. The lowest BCUT2D eigenvalue weighted by Crippen LogP contribution is -2.13. The van der Waals surface area contributed by atoms with Crippen molar-refractivity contribution in [2.75, 3.05) is 7.11 Å². The van der Waals surface area contributed by atoms with Gasteiger partial charge in [0.05, 0.1) is 29.0 Å². The van der Waals surface area contributed by atoms with E-state index in [2.05, 4.69) is 9.72 Å². The van der Waals surface area contributed by atoms with Crippen molar-refractivity contribution in [1.29, 1.82) is 0 Å². The Labute approximate surface area is 95.4 Å². The average Bonchev–Trinajstić information content (AvgIpc) is 2.27. The molecule has 1 aromatic heterocycles. The van der Waals surface area contributed by atoms with Crippen molar-refractivity contribution in [3.63, 3.8) is 0 Å². The van der Waals surface area contributed by atoms with Crippen LogP contribution in [-0.4, -0.2) is 18.1 Å². The highest BCUT2D eigenvalue weighted by Crippen LogP contribution is 2.30. The van der Waals surface area contributed by atoms with Gasteiger partial charge in [-0.15, -0.1) is 0 Å². The molecule has 0 fully saturated rings. The molecule has 7 heteroatoms. The van der Waals surface area contributed by atoms with Crippen LogP contribution in [0.15, 0.2) is 6.20 Å². The molecule has 0 aliphatic rings. The van der Waals surface area contributed by atoms with Gasteiger partial charge in [0.25, 0.3) is 6.43 Å². The monoisotopic (exact) mass is 250 g/mol. The predicted molar refractivity (Wildman–Crippen MR) is 53.4 cm³/mol. The number of rotatable bonds is 3. The number of hydrogen-bond donors (Lipinski definition) is 1. The van der Waals surface area contributed by atoms with Gasteiger partial charge in [0.1, 0.15) is 0 Å². The minimum Gasteiger partial charge on any atom is -0.465 e. The van der Waals surface area contributed by atoms with Gasteiger partial charge in [-0.2, -0.15) is 0 Å². The van der Waals surface area contributed by atoms with Crippen LogP contribution in [0.1, 0.15) is 28.0 Å². The summed E-state index contributed by atoms with van der Waals surface area (Å²) in [5, 5.41) is -0.181. The van der Waals surface area contributed by atoms with Gasteiger partial charge in [0.15, 0.2) is 0 Å². The Balaban J connectivity index is 3.48. The molecule has 1 heterocycles. The van der Waals surface area contributed by atoms with E-state index in [1.807, 2.05) is 0 Å². The third kappa shape index (κ3) is 2.28. The first-order valence-corrected chi connectivity index (χ1v) is 4.64. The number of nitrogens with two attached hydrogens (primary N) is 1. The van der Waals surface area contributed by atoms with Crippen molar-refractivity contribution in [1.82, 2.24) is 4.98 Å². The molecule has 0 bridgehead atoms. The number of carbonyl (C=O) groups excluding carboxylic acids is 1. The van der Waals surface area contributed by atoms with Crippen LogP contribution in [0.25, 0.3) is 0 Å². The Morgan fingerprint density at radius 2 is 2.31 bits per heavy atom. The lowest BCUT2D eigenvalue weighted by molar-refractivity contribution is 0.0588. The first-order chi connectivity index (χ1) is 7.52. The maximum Gasteiger partial charge on any atom is 0.339 e. The molecule has 0 aliphatic carbocycles. The third-order valence-corrected chi connectivity index (χ3v) is 2.24. The van der Waals surface area contributed by atoms with E-state index in [-0.39, 0.29) is 22.8 Å². The van der Waals surface area contributed by atoms with E-state index in [0.29, 0.717) is 0 Å². The van der Waals surface area contributed by atoms with E-state index < -0.39 is 18.0 Å². The smallest absolute Gasteiger partial charge is 0.339 e. The number of carbonyl (C=O) groups is 1. The van der Waals surface area contributed by atoms with Gasteiger partial charge in [0.2, 0.25) is 0 Å². The van der Waals surface area contributed by atoms with Gasteiger partial charge in [-0.1, -0.05) is 11.6 Å². The predicted octanol–water partition coefficient (Wildman–Crippen LogP) is 1.92. The van der Waals surface area contributed by atoms with Crippen LogP contribution in [0.5, 0.6) is 0 Å². The molecule has 16 heavy (non-hydrogen) atoms. The Kier molecular flexibility index (Phi) is 4.14. The van der Waals surface area contributed by atoms with Gasteiger partial charge < -0.3 is 10.5 Å². The molecule has 0 saturated carbocycles. The molecule has 1 rings (SSSR count). The molecule has 0 spiro atoms. The number of esters is 1. The first kappa shape index (κ1) is 12.8. The molecule has 0 aromatic carbocycles. The zero-order chi connectivity index (χ0) is 12.3. The summed E-state index contributed by atoms with van der Waals surface area (Å²) >= 11 is 5.64. The molecule has 4 nitrogen and oxygen atoms in total. The maximum atomic E-state index is 12.8. The van der Waals surface area contributed by atoms with Gasteiger partial charge in [-0.25, -0.2) is 13.6 Å². The lowest BCUT2D eigenvalue weighted by atomic mass is 10.1. The van der Waals surface area contributed by atoms with E-state index in [4.69, 9.17) is 17.3 Å². The van der Waals surface area contributed by atoms with Crippen molar-refractivity contribution in [2.45, 2.75) is 13.0 Å². The molecule has 0 amide bonds. The Hall–Kier alpha value is -1.27. The summed E-state index contributed by atoms with van der Waals surface area (Å²) in [6.45, 7) is -0.208. The van der Waals surface area contributed by atoms with Crippen LogP contribution < -0.4 is 5.73 Å². The molecule has 0 radical (unpaired) electrons. The van der Waals surface area contributed by atoms with Gasteiger partial charge in [-0.3, -0.25) is 4.98 Å². The Bertz CT molecular complexity index is 413. The third-order valence-electron chi connectivity index (χ3n) is 1.95.